The number of hydrogen-bond donors (Lipinski definition) is 1. The molecule has 1 aromatic carbocycles. The van der Waals surface area contributed by atoms with E-state index in [4.69, 9.17) is 11.6 Å². The molecule has 1 aromatic rings. The van der Waals surface area contributed by atoms with Gasteiger partial charge in [0.2, 0.25) is 5.91 Å². The molecule has 1 aliphatic heterocycles. The van der Waals surface area contributed by atoms with Crippen molar-refractivity contribution in [3.63, 3.8) is 0 Å². The van der Waals surface area contributed by atoms with Crippen molar-refractivity contribution in [1.82, 2.24) is 10.2 Å². The molecule has 21 heavy (non-hydrogen) atoms. The molecular formula is C16H24Cl2N2O. The van der Waals surface area contributed by atoms with Crippen molar-refractivity contribution < 1.29 is 4.79 Å². The Bertz CT molecular complexity index is 463. The number of benzene rings is 1. The zero-order valence-electron chi connectivity index (χ0n) is 12.6. The fourth-order valence-electron chi connectivity index (χ4n) is 2.85. The summed E-state index contributed by atoms with van der Waals surface area (Å²) in [7, 11) is 0. The van der Waals surface area contributed by atoms with Gasteiger partial charge in [-0.25, -0.2) is 0 Å². The minimum Gasteiger partial charge on any atom is -0.333 e. The molecule has 1 fully saturated rings. The van der Waals surface area contributed by atoms with Crippen LogP contribution >= 0.6 is 24.0 Å². The molecule has 5 heteroatoms. The zero-order valence-corrected chi connectivity index (χ0v) is 14.2. The van der Waals surface area contributed by atoms with Crippen molar-refractivity contribution in [3.8, 4) is 0 Å². The smallest absolute Gasteiger partial charge is 0.226 e. The monoisotopic (exact) mass is 330 g/mol. The summed E-state index contributed by atoms with van der Waals surface area (Å²) in [6.45, 7) is 6.60. The van der Waals surface area contributed by atoms with E-state index >= 15 is 0 Å². The topological polar surface area (TPSA) is 32.3 Å². The highest BCUT2D eigenvalue weighted by Gasteiger charge is 2.30. The lowest BCUT2D eigenvalue weighted by Gasteiger charge is -2.38. The molecule has 0 aliphatic carbocycles. The highest BCUT2D eigenvalue weighted by molar-refractivity contribution is 6.30. The van der Waals surface area contributed by atoms with E-state index in [9.17, 15) is 4.79 Å². The number of carbonyl (C=O) groups is 1. The Labute approximate surface area is 138 Å². The summed E-state index contributed by atoms with van der Waals surface area (Å²) in [6, 6.07) is 7.93. The average Bonchev–Trinajstić information content (AvgIpc) is 2.48. The number of nitrogens with zero attached hydrogens (tertiary/aromatic N) is 1. The third-order valence-corrected chi connectivity index (χ3v) is 4.33. The third-order valence-electron chi connectivity index (χ3n) is 4.09. The van der Waals surface area contributed by atoms with Gasteiger partial charge in [0, 0.05) is 30.6 Å². The first-order valence-electron chi connectivity index (χ1n) is 7.44. The second-order valence-corrected chi connectivity index (χ2v) is 5.76. The van der Waals surface area contributed by atoms with Gasteiger partial charge in [-0.15, -0.1) is 12.4 Å². The van der Waals surface area contributed by atoms with E-state index in [1.807, 2.05) is 23.1 Å². The number of nitrogens with one attached hydrogen (secondary N) is 1. The highest BCUT2D eigenvalue weighted by Crippen LogP contribution is 2.27. The molecule has 0 saturated carbocycles. The number of halogens is 2. The van der Waals surface area contributed by atoms with Crippen LogP contribution in [0, 0.1) is 5.92 Å². The average molecular weight is 331 g/mol. The van der Waals surface area contributed by atoms with Crippen LogP contribution in [0.2, 0.25) is 5.02 Å². The Balaban J connectivity index is 0.00000220. The Hall–Kier alpha value is -0.770. The third kappa shape index (κ3) is 4.35. The standard InChI is InChI=1S/C16H23ClN2O.ClH/c1-3-12(4-2)16(20)19-9-8-18-11-15(19)13-6-5-7-14(17)10-13;/h5-7,10,12,15,18H,3-4,8-9,11H2,1-2H3;1H. The summed E-state index contributed by atoms with van der Waals surface area (Å²) >= 11 is 6.08. The molecule has 0 bridgehead atoms. The van der Waals surface area contributed by atoms with Gasteiger partial charge >= 0.3 is 0 Å². The van der Waals surface area contributed by atoms with Crippen molar-refractivity contribution in [3.05, 3.63) is 34.9 Å². The minimum absolute atomic E-state index is 0. The number of amides is 1. The SMILES string of the molecule is CCC(CC)C(=O)N1CCNCC1c1cccc(Cl)c1.Cl. The lowest BCUT2D eigenvalue weighted by atomic mass is 9.97. The van der Waals surface area contributed by atoms with Crippen LogP contribution in [0.5, 0.6) is 0 Å². The van der Waals surface area contributed by atoms with Crippen LogP contribution < -0.4 is 5.32 Å². The lowest BCUT2D eigenvalue weighted by Crippen LogP contribution is -2.50. The number of carbonyl (C=O) groups excluding carboxylic acids is 1. The summed E-state index contributed by atoms with van der Waals surface area (Å²) in [5.74, 6) is 0.413. The molecule has 0 spiro atoms. The molecule has 0 radical (unpaired) electrons. The van der Waals surface area contributed by atoms with Crippen molar-refractivity contribution in [2.24, 2.45) is 5.92 Å². The van der Waals surface area contributed by atoms with Crippen LogP contribution in [0.3, 0.4) is 0 Å². The molecule has 3 nitrogen and oxygen atoms in total. The second-order valence-electron chi connectivity index (χ2n) is 5.32. The van der Waals surface area contributed by atoms with Crippen LogP contribution in [0.1, 0.15) is 38.3 Å². The normalized spacial score (nSPS) is 18.5. The van der Waals surface area contributed by atoms with E-state index in [0.717, 1.165) is 43.1 Å². The quantitative estimate of drug-likeness (QED) is 0.913. The van der Waals surface area contributed by atoms with Gasteiger partial charge in [0.15, 0.2) is 0 Å². The second kappa shape index (κ2) is 8.62. The van der Waals surface area contributed by atoms with E-state index in [2.05, 4.69) is 25.2 Å². The van der Waals surface area contributed by atoms with Gasteiger partial charge in [0.1, 0.15) is 0 Å². The maximum absolute atomic E-state index is 12.7. The maximum Gasteiger partial charge on any atom is 0.226 e. The maximum atomic E-state index is 12.7. The van der Waals surface area contributed by atoms with Gasteiger partial charge < -0.3 is 10.2 Å². The van der Waals surface area contributed by atoms with E-state index in [-0.39, 0.29) is 30.3 Å². The molecule has 1 saturated heterocycles. The van der Waals surface area contributed by atoms with Crippen LogP contribution in [-0.2, 0) is 4.79 Å². The van der Waals surface area contributed by atoms with Crippen molar-refractivity contribution >= 4 is 29.9 Å². The number of piperazine rings is 1. The molecule has 1 heterocycles. The van der Waals surface area contributed by atoms with Gasteiger partial charge in [-0.1, -0.05) is 37.6 Å². The molecule has 1 unspecified atom stereocenters. The molecule has 0 aromatic heterocycles. The zero-order chi connectivity index (χ0) is 14.5. The van der Waals surface area contributed by atoms with Gasteiger partial charge in [-0.2, -0.15) is 0 Å². The molecule has 1 aliphatic rings. The number of rotatable bonds is 4. The van der Waals surface area contributed by atoms with Crippen molar-refractivity contribution in [2.75, 3.05) is 19.6 Å². The molecule has 1 N–H and O–H groups in total. The first-order chi connectivity index (χ1) is 9.67. The summed E-state index contributed by atoms with van der Waals surface area (Å²) in [6.07, 6.45) is 1.81. The Morgan fingerprint density at radius 1 is 1.43 bits per heavy atom. The Morgan fingerprint density at radius 2 is 2.14 bits per heavy atom. The van der Waals surface area contributed by atoms with Gasteiger partial charge in [0.25, 0.3) is 0 Å². The van der Waals surface area contributed by atoms with Gasteiger partial charge in [-0.05, 0) is 30.5 Å². The molecule has 1 amide bonds. The Morgan fingerprint density at radius 3 is 2.76 bits per heavy atom. The first kappa shape index (κ1) is 18.3. The highest BCUT2D eigenvalue weighted by atomic mass is 35.5. The van der Waals surface area contributed by atoms with E-state index < -0.39 is 0 Å². The van der Waals surface area contributed by atoms with Crippen molar-refractivity contribution in [2.45, 2.75) is 32.7 Å². The fourth-order valence-corrected chi connectivity index (χ4v) is 3.05. The van der Waals surface area contributed by atoms with Crippen molar-refractivity contribution in [1.29, 1.82) is 0 Å². The number of hydrogen-bond acceptors (Lipinski definition) is 2. The predicted octanol–water partition coefficient (Wildman–Crippen LogP) is 3.67. The summed E-state index contributed by atoms with van der Waals surface area (Å²) in [5, 5.41) is 4.10. The molecular weight excluding hydrogens is 307 g/mol. The molecule has 2 rings (SSSR count). The van der Waals surface area contributed by atoms with Gasteiger partial charge in [0.05, 0.1) is 6.04 Å². The largest absolute Gasteiger partial charge is 0.333 e. The summed E-state index contributed by atoms with van der Waals surface area (Å²) < 4.78 is 0. The minimum atomic E-state index is 0. The van der Waals surface area contributed by atoms with E-state index in [1.54, 1.807) is 0 Å². The fraction of sp³-hybridized carbons (Fsp3) is 0.562. The van der Waals surface area contributed by atoms with Crippen LogP contribution in [-0.4, -0.2) is 30.4 Å². The first-order valence-corrected chi connectivity index (χ1v) is 7.81. The van der Waals surface area contributed by atoms with Crippen LogP contribution in [0.25, 0.3) is 0 Å². The van der Waals surface area contributed by atoms with Gasteiger partial charge in [-0.3, -0.25) is 4.79 Å². The van der Waals surface area contributed by atoms with E-state index in [1.165, 1.54) is 0 Å². The molecule has 1 atom stereocenters. The lowest BCUT2D eigenvalue weighted by molar-refractivity contribution is -0.139. The molecule has 118 valence electrons. The summed E-state index contributed by atoms with van der Waals surface area (Å²) in [5.41, 5.74) is 1.11. The summed E-state index contributed by atoms with van der Waals surface area (Å²) in [4.78, 5) is 14.7. The van der Waals surface area contributed by atoms with Crippen LogP contribution in [0.15, 0.2) is 24.3 Å². The van der Waals surface area contributed by atoms with E-state index in [0.29, 0.717) is 0 Å². The Kier molecular flexibility index (Phi) is 7.50. The van der Waals surface area contributed by atoms with Crippen LogP contribution in [0.4, 0.5) is 0 Å². The predicted molar refractivity (Wildman–Crippen MR) is 90.1 cm³/mol.